The van der Waals surface area contributed by atoms with E-state index in [9.17, 15) is 14.4 Å². The number of aromatic nitrogens is 1. The minimum atomic E-state index is -0.674. The molecule has 1 atom stereocenters. The van der Waals surface area contributed by atoms with Crippen LogP contribution in [0.15, 0.2) is 60.7 Å². The van der Waals surface area contributed by atoms with E-state index in [2.05, 4.69) is 10.3 Å². The first-order valence-electron chi connectivity index (χ1n) is 9.31. The van der Waals surface area contributed by atoms with Crippen LogP contribution in [-0.2, 0) is 20.7 Å². The molecule has 2 aromatic carbocycles. The second-order valence-electron chi connectivity index (χ2n) is 6.82. The van der Waals surface area contributed by atoms with Crippen molar-refractivity contribution in [2.75, 3.05) is 6.61 Å². The SMILES string of the molecule is CC(=O)[C@@H](Cc1ccccc1)NC(=O)COC(=O)c1cc(C)nc2ccccc12. The third-order valence-corrected chi connectivity index (χ3v) is 4.51. The van der Waals surface area contributed by atoms with Gasteiger partial charge >= 0.3 is 5.97 Å². The molecule has 0 spiro atoms. The summed E-state index contributed by atoms with van der Waals surface area (Å²) < 4.78 is 5.19. The zero-order chi connectivity index (χ0) is 20.8. The largest absolute Gasteiger partial charge is 0.452 e. The number of Topliss-reactive ketones (excluding diaryl/α,β-unsaturated/α-hetero) is 1. The zero-order valence-corrected chi connectivity index (χ0v) is 16.3. The van der Waals surface area contributed by atoms with Gasteiger partial charge in [-0.1, -0.05) is 48.5 Å². The molecule has 0 aliphatic heterocycles. The van der Waals surface area contributed by atoms with Crippen LogP contribution in [0.2, 0.25) is 0 Å². The minimum Gasteiger partial charge on any atom is -0.452 e. The van der Waals surface area contributed by atoms with Crippen LogP contribution in [-0.4, -0.2) is 35.3 Å². The number of esters is 1. The van der Waals surface area contributed by atoms with Gasteiger partial charge in [-0.05, 0) is 38.0 Å². The predicted molar refractivity (Wildman–Crippen MR) is 110 cm³/mol. The van der Waals surface area contributed by atoms with Gasteiger partial charge in [0, 0.05) is 11.1 Å². The van der Waals surface area contributed by atoms with Gasteiger partial charge in [0.1, 0.15) is 0 Å². The Balaban J connectivity index is 1.64. The Morgan fingerprint density at radius 1 is 1.03 bits per heavy atom. The monoisotopic (exact) mass is 390 g/mol. The lowest BCUT2D eigenvalue weighted by atomic mass is 10.0. The van der Waals surface area contributed by atoms with Crippen LogP contribution in [0, 0.1) is 6.92 Å². The van der Waals surface area contributed by atoms with E-state index in [1.165, 1.54) is 6.92 Å². The Kier molecular flexibility index (Phi) is 6.34. The van der Waals surface area contributed by atoms with Gasteiger partial charge < -0.3 is 10.1 Å². The number of hydrogen-bond acceptors (Lipinski definition) is 5. The van der Waals surface area contributed by atoms with Crippen LogP contribution in [0.25, 0.3) is 10.9 Å². The number of para-hydroxylation sites is 1. The van der Waals surface area contributed by atoms with Gasteiger partial charge in [-0.25, -0.2) is 4.79 Å². The number of nitrogens with zero attached hydrogens (tertiary/aromatic N) is 1. The number of pyridine rings is 1. The van der Waals surface area contributed by atoms with E-state index < -0.39 is 24.5 Å². The Morgan fingerprint density at radius 2 is 1.72 bits per heavy atom. The molecule has 1 N–H and O–H groups in total. The van der Waals surface area contributed by atoms with Gasteiger partial charge in [0.25, 0.3) is 5.91 Å². The molecule has 0 unspecified atom stereocenters. The minimum absolute atomic E-state index is 0.163. The molecule has 6 nitrogen and oxygen atoms in total. The van der Waals surface area contributed by atoms with Gasteiger partial charge in [-0.3, -0.25) is 14.6 Å². The van der Waals surface area contributed by atoms with Crippen LogP contribution < -0.4 is 5.32 Å². The Bertz CT molecular complexity index is 1050. The van der Waals surface area contributed by atoms with Crippen molar-refractivity contribution in [2.45, 2.75) is 26.3 Å². The number of carbonyl (C=O) groups is 3. The second kappa shape index (κ2) is 9.10. The number of ether oxygens (including phenoxy) is 1. The third kappa shape index (κ3) is 5.25. The maximum absolute atomic E-state index is 12.5. The quantitative estimate of drug-likeness (QED) is 0.627. The summed E-state index contributed by atoms with van der Waals surface area (Å²) in [5, 5.41) is 3.30. The average molecular weight is 390 g/mol. The first kappa shape index (κ1) is 20.2. The maximum atomic E-state index is 12.5. The first-order valence-corrected chi connectivity index (χ1v) is 9.31. The highest BCUT2D eigenvalue weighted by Crippen LogP contribution is 2.19. The van der Waals surface area contributed by atoms with Gasteiger partial charge in [0.15, 0.2) is 12.4 Å². The number of rotatable bonds is 7. The molecule has 148 valence electrons. The lowest BCUT2D eigenvalue weighted by Gasteiger charge is -2.16. The summed E-state index contributed by atoms with van der Waals surface area (Å²) >= 11 is 0. The van der Waals surface area contributed by atoms with Crippen molar-refractivity contribution in [1.82, 2.24) is 10.3 Å². The van der Waals surface area contributed by atoms with E-state index in [1.54, 1.807) is 19.1 Å². The van der Waals surface area contributed by atoms with Gasteiger partial charge in [0.2, 0.25) is 0 Å². The number of hydrogen-bond donors (Lipinski definition) is 1. The fraction of sp³-hybridized carbons (Fsp3) is 0.217. The third-order valence-electron chi connectivity index (χ3n) is 4.51. The Hall–Kier alpha value is -3.54. The maximum Gasteiger partial charge on any atom is 0.339 e. The number of aryl methyl sites for hydroxylation is 1. The number of carbonyl (C=O) groups excluding carboxylic acids is 3. The molecule has 3 aromatic rings. The van der Waals surface area contributed by atoms with Crippen LogP contribution in [0.4, 0.5) is 0 Å². The molecule has 0 saturated heterocycles. The summed E-state index contributed by atoms with van der Waals surface area (Å²) in [6, 6.07) is 17.6. The average Bonchev–Trinajstić information content (AvgIpc) is 2.71. The Morgan fingerprint density at radius 3 is 2.45 bits per heavy atom. The van der Waals surface area contributed by atoms with E-state index in [1.807, 2.05) is 48.5 Å². The molecular formula is C23H22N2O4. The number of benzene rings is 2. The highest BCUT2D eigenvalue weighted by molar-refractivity contribution is 6.04. The fourth-order valence-corrected chi connectivity index (χ4v) is 3.07. The summed E-state index contributed by atoms with van der Waals surface area (Å²) in [5.74, 6) is -1.29. The van der Waals surface area contributed by atoms with Crippen LogP contribution >= 0.6 is 0 Å². The normalized spacial score (nSPS) is 11.7. The molecular weight excluding hydrogens is 368 g/mol. The predicted octanol–water partition coefficient (Wildman–Crippen LogP) is 3.02. The van der Waals surface area contributed by atoms with Crippen molar-refractivity contribution in [3.8, 4) is 0 Å². The lowest BCUT2D eigenvalue weighted by Crippen LogP contribution is -2.43. The smallest absolute Gasteiger partial charge is 0.339 e. The molecule has 0 fully saturated rings. The number of nitrogens with one attached hydrogen (secondary N) is 1. The highest BCUT2D eigenvalue weighted by atomic mass is 16.5. The van der Waals surface area contributed by atoms with E-state index in [0.717, 1.165) is 5.56 Å². The molecule has 6 heteroatoms. The van der Waals surface area contributed by atoms with Crippen molar-refractivity contribution in [2.24, 2.45) is 0 Å². The number of fused-ring (bicyclic) bond motifs is 1. The van der Waals surface area contributed by atoms with Gasteiger partial charge in [0.05, 0.1) is 17.1 Å². The molecule has 1 amide bonds. The van der Waals surface area contributed by atoms with Crippen molar-refractivity contribution in [3.05, 3.63) is 77.5 Å². The topological polar surface area (TPSA) is 85.4 Å². The highest BCUT2D eigenvalue weighted by Gasteiger charge is 2.20. The molecule has 0 aliphatic carbocycles. The van der Waals surface area contributed by atoms with Crippen molar-refractivity contribution in [1.29, 1.82) is 0 Å². The van der Waals surface area contributed by atoms with Crippen LogP contribution in [0.5, 0.6) is 0 Å². The first-order chi connectivity index (χ1) is 13.9. The standard InChI is InChI=1S/C23H22N2O4/c1-15-12-19(18-10-6-7-11-20(18)24-15)23(28)29-14-22(27)25-21(16(2)26)13-17-8-4-3-5-9-17/h3-12,21H,13-14H2,1-2H3,(H,25,27)/t21-/m1/s1. The summed E-state index contributed by atoms with van der Waals surface area (Å²) in [4.78, 5) is 41.1. The number of amides is 1. The molecule has 0 radical (unpaired) electrons. The molecule has 1 aromatic heterocycles. The van der Waals surface area contributed by atoms with Crippen molar-refractivity contribution >= 4 is 28.6 Å². The van der Waals surface area contributed by atoms with Crippen molar-refractivity contribution in [3.63, 3.8) is 0 Å². The van der Waals surface area contributed by atoms with Gasteiger partial charge in [-0.2, -0.15) is 0 Å². The van der Waals surface area contributed by atoms with E-state index in [4.69, 9.17) is 4.74 Å². The zero-order valence-electron chi connectivity index (χ0n) is 16.3. The van der Waals surface area contributed by atoms with Crippen LogP contribution in [0.1, 0.15) is 28.5 Å². The summed E-state index contributed by atoms with van der Waals surface area (Å²) in [7, 11) is 0. The fourth-order valence-electron chi connectivity index (χ4n) is 3.07. The van der Waals surface area contributed by atoms with Crippen LogP contribution in [0.3, 0.4) is 0 Å². The summed E-state index contributed by atoms with van der Waals surface area (Å²) in [5.41, 5.74) is 2.65. The van der Waals surface area contributed by atoms with Gasteiger partial charge in [-0.15, -0.1) is 0 Å². The molecule has 1 heterocycles. The Labute approximate surface area is 168 Å². The molecule has 29 heavy (non-hydrogen) atoms. The summed E-state index contributed by atoms with van der Waals surface area (Å²) in [6.07, 6.45) is 0.379. The molecule has 0 bridgehead atoms. The second-order valence-corrected chi connectivity index (χ2v) is 6.82. The van der Waals surface area contributed by atoms with Crippen molar-refractivity contribution < 1.29 is 19.1 Å². The molecule has 3 rings (SSSR count). The molecule has 0 saturated carbocycles. The number of ketones is 1. The van der Waals surface area contributed by atoms with E-state index in [-0.39, 0.29) is 5.78 Å². The lowest BCUT2D eigenvalue weighted by molar-refractivity contribution is -0.128. The van der Waals surface area contributed by atoms with E-state index in [0.29, 0.717) is 28.6 Å². The summed E-state index contributed by atoms with van der Waals surface area (Å²) in [6.45, 7) is 2.75. The van der Waals surface area contributed by atoms with E-state index >= 15 is 0 Å². The molecule has 0 aliphatic rings.